The van der Waals surface area contributed by atoms with Gasteiger partial charge in [0, 0.05) is 23.6 Å². The lowest BCUT2D eigenvalue weighted by molar-refractivity contribution is -0.305. The number of H-pyrrole nitrogens is 1. The van der Waals surface area contributed by atoms with Gasteiger partial charge in [0.1, 0.15) is 5.82 Å². The molecule has 0 saturated heterocycles. The van der Waals surface area contributed by atoms with Crippen LogP contribution in [0, 0.1) is 0 Å². The van der Waals surface area contributed by atoms with Crippen LogP contribution in [-0.2, 0) is 9.59 Å². The van der Waals surface area contributed by atoms with Crippen LogP contribution in [-0.4, -0.2) is 21.8 Å². The van der Waals surface area contributed by atoms with Crippen LogP contribution in [0.25, 0.3) is 22.4 Å². The van der Waals surface area contributed by atoms with E-state index in [1.807, 2.05) is 42.5 Å². The highest BCUT2D eigenvalue weighted by molar-refractivity contribution is 5.91. The van der Waals surface area contributed by atoms with E-state index in [4.69, 9.17) is 0 Å². The summed E-state index contributed by atoms with van der Waals surface area (Å²) in [6.45, 7) is 0. The van der Waals surface area contributed by atoms with Crippen LogP contribution in [0.3, 0.4) is 0 Å². The maximum atomic E-state index is 11.8. The van der Waals surface area contributed by atoms with Crippen molar-refractivity contribution in [1.29, 1.82) is 0 Å². The van der Waals surface area contributed by atoms with E-state index < -0.39 is 5.97 Å². The van der Waals surface area contributed by atoms with Gasteiger partial charge in [-0.2, -0.15) is 0 Å². The van der Waals surface area contributed by atoms with Crippen molar-refractivity contribution in [3.63, 3.8) is 0 Å². The number of anilines is 1. The van der Waals surface area contributed by atoms with Gasteiger partial charge < -0.3 is 20.2 Å². The standard InChI is InChI=1S/C18H17N3O3/c22-16(9-4-10-17(23)24)19-13-6-3-5-12(11-13)18-20-14-7-1-2-8-15(14)21-18/h1-3,5-8,11H,4,9-10H2,(H,19,22)(H,20,21)(H,23,24)/p-1. The second-order valence-corrected chi connectivity index (χ2v) is 5.46. The molecule has 24 heavy (non-hydrogen) atoms. The van der Waals surface area contributed by atoms with E-state index in [2.05, 4.69) is 15.3 Å². The number of aromatic amines is 1. The third-order valence-corrected chi connectivity index (χ3v) is 3.59. The number of aromatic nitrogens is 2. The normalized spacial score (nSPS) is 10.7. The number of fused-ring (bicyclic) bond motifs is 1. The lowest BCUT2D eigenvalue weighted by Gasteiger charge is -2.07. The molecule has 2 N–H and O–H groups in total. The molecule has 0 unspecified atom stereocenters. The summed E-state index contributed by atoms with van der Waals surface area (Å²) in [5.74, 6) is -0.642. The summed E-state index contributed by atoms with van der Waals surface area (Å²) in [6.07, 6.45) is 0.284. The predicted molar refractivity (Wildman–Crippen MR) is 89.0 cm³/mol. The topological polar surface area (TPSA) is 97.9 Å². The van der Waals surface area contributed by atoms with Gasteiger partial charge in [-0.25, -0.2) is 4.98 Å². The summed E-state index contributed by atoms with van der Waals surface area (Å²) >= 11 is 0. The largest absolute Gasteiger partial charge is 0.550 e. The summed E-state index contributed by atoms with van der Waals surface area (Å²) in [5.41, 5.74) is 3.33. The molecular formula is C18H16N3O3-. The van der Waals surface area contributed by atoms with Crippen LogP contribution in [0.4, 0.5) is 5.69 Å². The maximum Gasteiger partial charge on any atom is 0.224 e. The van der Waals surface area contributed by atoms with Gasteiger partial charge in [-0.3, -0.25) is 4.79 Å². The zero-order valence-corrected chi connectivity index (χ0v) is 12.9. The zero-order chi connectivity index (χ0) is 16.9. The molecule has 1 heterocycles. The summed E-state index contributed by atoms with van der Waals surface area (Å²) in [4.78, 5) is 30.0. The number of imidazole rings is 1. The Kier molecular flexibility index (Phi) is 4.56. The minimum Gasteiger partial charge on any atom is -0.550 e. The van der Waals surface area contributed by atoms with Crippen molar-refractivity contribution in [2.45, 2.75) is 19.3 Å². The zero-order valence-electron chi connectivity index (χ0n) is 12.9. The molecule has 0 bridgehead atoms. The van der Waals surface area contributed by atoms with Crippen molar-refractivity contribution in [1.82, 2.24) is 9.97 Å². The van der Waals surface area contributed by atoms with Crippen LogP contribution in [0.5, 0.6) is 0 Å². The van der Waals surface area contributed by atoms with Crippen molar-refractivity contribution in [2.75, 3.05) is 5.32 Å². The van der Waals surface area contributed by atoms with Gasteiger partial charge in [-0.1, -0.05) is 24.3 Å². The molecule has 0 aliphatic rings. The van der Waals surface area contributed by atoms with E-state index in [1.54, 1.807) is 6.07 Å². The molecular weight excluding hydrogens is 306 g/mol. The number of carbonyl (C=O) groups is 2. The number of para-hydroxylation sites is 2. The lowest BCUT2D eigenvalue weighted by Crippen LogP contribution is -2.22. The number of hydrogen-bond acceptors (Lipinski definition) is 4. The fourth-order valence-corrected chi connectivity index (χ4v) is 2.45. The van der Waals surface area contributed by atoms with Crippen LogP contribution in [0.2, 0.25) is 0 Å². The molecule has 0 atom stereocenters. The Labute approximate surface area is 138 Å². The quantitative estimate of drug-likeness (QED) is 0.726. The maximum absolute atomic E-state index is 11.8. The first-order chi connectivity index (χ1) is 11.6. The van der Waals surface area contributed by atoms with E-state index in [9.17, 15) is 14.7 Å². The first kappa shape index (κ1) is 15.7. The highest BCUT2D eigenvalue weighted by atomic mass is 16.4. The molecule has 0 aliphatic heterocycles. The van der Waals surface area contributed by atoms with E-state index in [0.29, 0.717) is 5.69 Å². The number of nitrogens with zero attached hydrogens (tertiary/aromatic N) is 1. The van der Waals surface area contributed by atoms with Gasteiger partial charge >= 0.3 is 0 Å². The van der Waals surface area contributed by atoms with Crippen LogP contribution >= 0.6 is 0 Å². The van der Waals surface area contributed by atoms with Crippen molar-refractivity contribution >= 4 is 28.6 Å². The molecule has 2 aromatic carbocycles. The van der Waals surface area contributed by atoms with E-state index in [-0.39, 0.29) is 25.2 Å². The third kappa shape index (κ3) is 3.78. The average molecular weight is 322 g/mol. The van der Waals surface area contributed by atoms with Crippen LogP contribution in [0.1, 0.15) is 19.3 Å². The number of nitrogens with one attached hydrogen (secondary N) is 2. The Morgan fingerprint density at radius 2 is 1.92 bits per heavy atom. The highest BCUT2D eigenvalue weighted by Crippen LogP contribution is 2.23. The SMILES string of the molecule is O=C([O-])CCCC(=O)Nc1cccc(-c2nc3ccccc3[nH]2)c1. The Bertz CT molecular complexity index is 853. The Balaban J connectivity index is 1.72. The van der Waals surface area contributed by atoms with E-state index >= 15 is 0 Å². The lowest BCUT2D eigenvalue weighted by atomic mass is 10.2. The second-order valence-electron chi connectivity index (χ2n) is 5.46. The highest BCUT2D eigenvalue weighted by Gasteiger charge is 2.07. The molecule has 3 aromatic rings. The first-order valence-electron chi connectivity index (χ1n) is 7.67. The molecule has 6 nitrogen and oxygen atoms in total. The summed E-state index contributed by atoms with van der Waals surface area (Å²) in [6, 6.07) is 15.1. The van der Waals surface area contributed by atoms with Crippen molar-refractivity contribution in [3.05, 3.63) is 48.5 Å². The van der Waals surface area contributed by atoms with Crippen LogP contribution in [0.15, 0.2) is 48.5 Å². The van der Waals surface area contributed by atoms with Gasteiger partial charge in [0.15, 0.2) is 0 Å². The monoisotopic (exact) mass is 322 g/mol. The molecule has 0 spiro atoms. The molecule has 3 rings (SSSR count). The molecule has 0 fully saturated rings. The fourth-order valence-electron chi connectivity index (χ4n) is 2.45. The van der Waals surface area contributed by atoms with Crippen molar-refractivity contribution in [3.8, 4) is 11.4 Å². The number of aliphatic carboxylic acids is 1. The summed E-state index contributed by atoms with van der Waals surface area (Å²) in [5, 5.41) is 13.1. The second kappa shape index (κ2) is 6.95. The Morgan fingerprint density at radius 1 is 1.08 bits per heavy atom. The molecule has 1 amide bonds. The minimum absolute atomic E-state index is 0.119. The smallest absolute Gasteiger partial charge is 0.224 e. The van der Waals surface area contributed by atoms with Gasteiger partial charge in [-0.15, -0.1) is 0 Å². The predicted octanol–water partition coefficient (Wildman–Crippen LogP) is 2.09. The van der Waals surface area contributed by atoms with Crippen molar-refractivity contribution in [2.24, 2.45) is 0 Å². The van der Waals surface area contributed by atoms with Gasteiger partial charge in [0.2, 0.25) is 5.91 Å². The number of hydrogen-bond donors (Lipinski definition) is 2. The summed E-state index contributed by atoms with van der Waals surface area (Å²) in [7, 11) is 0. The Hall–Kier alpha value is -3.15. The number of amides is 1. The number of carboxylic acid groups (broad SMARTS) is 1. The molecule has 1 aromatic heterocycles. The average Bonchev–Trinajstić information content (AvgIpc) is 2.99. The van der Waals surface area contributed by atoms with E-state index in [0.717, 1.165) is 22.4 Å². The molecule has 0 radical (unpaired) electrons. The molecule has 0 saturated carbocycles. The number of rotatable bonds is 6. The summed E-state index contributed by atoms with van der Waals surface area (Å²) < 4.78 is 0. The van der Waals surface area contributed by atoms with Gasteiger partial charge in [0.25, 0.3) is 0 Å². The molecule has 6 heteroatoms. The van der Waals surface area contributed by atoms with Gasteiger partial charge in [0.05, 0.1) is 11.0 Å². The Morgan fingerprint density at radius 3 is 2.71 bits per heavy atom. The van der Waals surface area contributed by atoms with Gasteiger partial charge in [-0.05, 0) is 37.1 Å². The number of benzene rings is 2. The number of carboxylic acids is 1. The van der Waals surface area contributed by atoms with Crippen LogP contribution < -0.4 is 10.4 Å². The molecule has 122 valence electrons. The minimum atomic E-state index is -1.14. The third-order valence-electron chi connectivity index (χ3n) is 3.59. The number of carbonyl (C=O) groups excluding carboxylic acids is 2. The van der Waals surface area contributed by atoms with Crippen molar-refractivity contribution < 1.29 is 14.7 Å². The fraction of sp³-hybridized carbons (Fsp3) is 0.167. The van der Waals surface area contributed by atoms with E-state index in [1.165, 1.54) is 0 Å². The molecule has 0 aliphatic carbocycles. The first-order valence-corrected chi connectivity index (χ1v) is 7.67.